The Bertz CT molecular complexity index is 533. The minimum atomic E-state index is -3.81. The van der Waals surface area contributed by atoms with E-state index >= 15 is 0 Å². The van der Waals surface area contributed by atoms with Crippen molar-refractivity contribution < 1.29 is 12.8 Å². The van der Waals surface area contributed by atoms with Gasteiger partial charge in [0.1, 0.15) is 10.7 Å². The molecular weight excluding hydrogens is 333 g/mol. The third-order valence-electron chi connectivity index (χ3n) is 2.99. The van der Waals surface area contributed by atoms with E-state index in [2.05, 4.69) is 34.5 Å². The molecule has 0 heterocycles. The molecule has 19 heavy (non-hydrogen) atoms. The molecule has 0 saturated heterocycles. The number of nitrogens with one attached hydrogen (secondary N) is 1. The molecule has 0 amide bonds. The maximum Gasteiger partial charge on any atom is 0.243 e. The van der Waals surface area contributed by atoms with Crippen molar-refractivity contribution in [2.45, 2.75) is 44.6 Å². The average Bonchev–Trinajstić information content (AvgIpc) is 2.26. The molecule has 0 aliphatic heterocycles. The Kier molecular flexibility index (Phi) is 5.95. The van der Waals surface area contributed by atoms with Crippen molar-refractivity contribution in [3.63, 3.8) is 0 Å². The van der Waals surface area contributed by atoms with E-state index in [9.17, 15) is 12.8 Å². The highest BCUT2D eigenvalue weighted by Crippen LogP contribution is 2.20. The van der Waals surface area contributed by atoms with Crippen molar-refractivity contribution in [3.8, 4) is 0 Å². The first-order chi connectivity index (χ1) is 8.76. The van der Waals surface area contributed by atoms with E-state index in [0.717, 1.165) is 18.9 Å². The van der Waals surface area contributed by atoms with Gasteiger partial charge in [0.25, 0.3) is 0 Å². The molecule has 6 heteroatoms. The van der Waals surface area contributed by atoms with Gasteiger partial charge in [0.15, 0.2) is 0 Å². The van der Waals surface area contributed by atoms with Crippen LogP contribution in [0.5, 0.6) is 0 Å². The fourth-order valence-electron chi connectivity index (χ4n) is 1.84. The molecular formula is C13H19BrFNO2S. The molecule has 3 nitrogen and oxygen atoms in total. The Morgan fingerprint density at radius 3 is 2.53 bits per heavy atom. The van der Waals surface area contributed by atoms with Crippen molar-refractivity contribution in [3.05, 3.63) is 28.5 Å². The molecule has 0 bridgehead atoms. The standard InChI is InChI=1S/C13H19BrFNO2S/c1-4-9(2)7-10(3)16-19(17,18)13-6-5-11(14)8-12(13)15/h5-6,8-10,16H,4,7H2,1-3H3. The first-order valence-corrected chi connectivity index (χ1v) is 8.51. The first kappa shape index (κ1) is 16.6. The first-order valence-electron chi connectivity index (χ1n) is 6.23. The maximum atomic E-state index is 13.7. The largest absolute Gasteiger partial charge is 0.243 e. The minimum Gasteiger partial charge on any atom is -0.208 e. The summed E-state index contributed by atoms with van der Waals surface area (Å²) in [7, 11) is -3.81. The van der Waals surface area contributed by atoms with E-state index in [0.29, 0.717) is 10.4 Å². The molecule has 0 radical (unpaired) electrons. The van der Waals surface area contributed by atoms with E-state index in [-0.39, 0.29) is 10.9 Å². The molecule has 1 aromatic rings. The molecule has 1 rings (SSSR count). The van der Waals surface area contributed by atoms with E-state index in [1.54, 1.807) is 6.92 Å². The summed E-state index contributed by atoms with van der Waals surface area (Å²) >= 11 is 3.10. The maximum absolute atomic E-state index is 13.7. The Balaban J connectivity index is 2.86. The summed E-state index contributed by atoms with van der Waals surface area (Å²) in [6, 6.07) is 3.70. The monoisotopic (exact) mass is 351 g/mol. The van der Waals surface area contributed by atoms with Crippen LogP contribution in [0.15, 0.2) is 27.6 Å². The van der Waals surface area contributed by atoms with Crippen LogP contribution in [-0.4, -0.2) is 14.5 Å². The third kappa shape index (κ3) is 4.85. The van der Waals surface area contributed by atoms with Gasteiger partial charge < -0.3 is 0 Å². The zero-order valence-electron chi connectivity index (χ0n) is 11.3. The highest BCUT2D eigenvalue weighted by atomic mass is 79.9. The molecule has 108 valence electrons. The second-order valence-electron chi connectivity index (χ2n) is 4.85. The molecule has 2 unspecified atom stereocenters. The van der Waals surface area contributed by atoms with Crippen LogP contribution in [0, 0.1) is 11.7 Å². The summed E-state index contributed by atoms with van der Waals surface area (Å²) in [4.78, 5) is -0.313. The third-order valence-corrected chi connectivity index (χ3v) is 5.11. The molecule has 1 N–H and O–H groups in total. The predicted octanol–water partition coefficient (Wildman–Crippen LogP) is 3.69. The zero-order valence-corrected chi connectivity index (χ0v) is 13.7. The number of hydrogen-bond acceptors (Lipinski definition) is 2. The number of hydrogen-bond donors (Lipinski definition) is 1. The molecule has 2 atom stereocenters. The van der Waals surface area contributed by atoms with Crippen LogP contribution in [-0.2, 0) is 10.0 Å². The van der Waals surface area contributed by atoms with Crippen LogP contribution in [0.2, 0.25) is 0 Å². The number of halogens is 2. The van der Waals surface area contributed by atoms with Gasteiger partial charge in [-0.25, -0.2) is 17.5 Å². The van der Waals surface area contributed by atoms with Gasteiger partial charge >= 0.3 is 0 Å². The Labute approximate surface area is 122 Å². The lowest BCUT2D eigenvalue weighted by atomic mass is 10.0. The fourth-order valence-corrected chi connectivity index (χ4v) is 3.49. The summed E-state index contributed by atoms with van der Waals surface area (Å²) < 4.78 is 40.9. The normalized spacial score (nSPS) is 15.2. The predicted molar refractivity (Wildman–Crippen MR) is 78.0 cm³/mol. The SMILES string of the molecule is CCC(C)CC(C)NS(=O)(=O)c1ccc(Br)cc1F. The van der Waals surface area contributed by atoms with Gasteiger partial charge in [-0.05, 0) is 37.5 Å². The molecule has 1 aromatic carbocycles. The minimum absolute atomic E-state index is 0.219. The van der Waals surface area contributed by atoms with Gasteiger partial charge in [0.05, 0.1) is 0 Å². The summed E-state index contributed by atoms with van der Waals surface area (Å²) in [6.45, 7) is 5.91. The van der Waals surface area contributed by atoms with Gasteiger partial charge in [0, 0.05) is 10.5 Å². The van der Waals surface area contributed by atoms with Crippen LogP contribution in [0.4, 0.5) is 4.39 Å². The van der Waals surface area contributed by atoms with Gasteiger partial charge in [0.2, 0.25) is 10.0 Å². The Morgan fingerprint density at radius 1 is 1.37 bits per heavy atom. The lowest BCUT2D eigenvalue weighted by Gasteiger charge is -2.17. The lowest BCUT2D eigenvalue weighted by molar-refractivity contribution is 0.444. The Morgan fingerprint density at radius 2 is 2.00 bits per heavy atom. The molecule has 0 fully saturated rings. The van der Waals surface area contributed by atoms with Gasteiger partial charge in [-0.15, -0.1) is 0 Å². The van der Waals surface area contributed by atoms with Crippen LogP contribution in [0.3, 0.4) is 0 Å². The molecule has 0 aliphatic rings. The van der Waals surface area contributed by atoms with Crippen LogP contribution in [0.25, 0.3) is 0 Å². The van der Waals surface area contributed by atoms with E-state index in [1.807, 2.05) is 0 Å². The quantitative estimate of drug-likeness (QED) is 0.849. The highest BCUT2D eigenvalue weighted by Gasteiger charge is 2.22. The van der Waals surface area contributed by atoms with Crippen molar-refractivity contribution >= 4 is 26.0 Å². The van der Waals surface area contributed by atoms with E-state index in [1.165, 1.54) is 12.1 Å². The van der Waals surface area contributed by atoms with Gasteiger partial charge in [-0.3, -0.25) is 0 Å². The van der Waals surface area contributed by atoms with Gasteiger partial charge in [-0.2, -0.15) is 0 Å². The topological polar surface area (TPSA) is 46.2 Å². The summed E-state index contributed by atoms with van der Waals surface area (Å²) in [6.07, 6.45) is 1.71. The summed E-state index contributed by atoms with van der Waals surface area (Å²) in [5, 5.41) is 0. The van der Waals surface area contributed by atoms with Gasteiger partial charge in [-0.1, -0.05) is 36.2 Å². The van der Waals surface area contributed by atoms with Crippen LogP contribution in [0.1, 0.15) is 33.6 Å². The molecule has 0 aromatic heterocycles. The van der Waals surface area contributed by atoms with Crippen LogP contribution < -0.4 is 4.72 Å². The van der Waals surface area contributed by atoms with Crippen molar-refractivity contribution in [2.24, 2.45) is 5.92 Å². The second-order valence-corrected chi connectivity index (χ2v) is 7.44. The average molecular weight is 352 g/mol. The second kappa shape index (κ2) is 6.81. The summed E-state index contributed by atoms with van der Waals surface area (Å²) in [5.41, 5.74) is 0. The van der Waals surface area contributed by atoms with Crippen LogP contribution >= 0.6 is 15.9 Å². The summed E-state index contributed by atoms with van der Waals surface area (Å²) in [5.74, 6) is -0.329. The Hall–Kier alpha value is -0.460. The number of sulfonamides is 1. The van der Waals surface area contributed by atoms with Crippen molar-refractivity contribution in [1.29, 1.82) is 0 Å². The van der Waals surface area contributed by atoms with Crippen molar-refractivity contribution in [2.75, 3.05) is 0 Å². The molecule has 0 spiro atoms. The zero-order chi connectivity index (χ0) is 14.6. The molecule has 0 aliphatic carbocycles. The smallest absolute Gasteiger partial charge is 0.208 e. The van der Waals surface area contributed by atoms with E-state index < -0.39 is 15.8 Å². The molecule has 0 saturated carbocycles. The number of benzene rings is 1. The highest BCUT2D eigenvalue weighted by molar-refractivity contribution is 9.10. The van der Waals surface area contributed by atoms with E-state index in [4.69, 9.17) is 0 Å². The van der Waals surface area contributed by atoms with Crippen molar-refractivity contribution in [1.82, 2.24) is 4.72 Å². The number of rotatable bonds is 6. The lowest BCUT2D eigenvalue weighted by Crippen LogP contribution is -2.34. The fraction of sp³-hybridized carbons (Fsp3) is 0.538.